The van der Waals surface area contributed by atoms with Gasteiger partial charge in [0.25, 0.3) is 0 Å². The Kier molecular flexibility index (Phi) is 116. The molecule has 0 atom stereocenters. The Morgan fingerprint density at radius 2 is 0.194 bits per heavy atom. The van der Waals surface area contributed by atoms with Crippen molar-refractivity contribution in [2.24, 2.45) is 0 Å². The number of carbonyl (C=O) groups is 4. The standard InChI is InChI=1S/4C22H44O2.2Mg/c4*1-2-3-4-5-6-7-8-9-10-11-12-13-14-15-16-17-18-19-20-21-22(23)24;;/h4*2-21H2,1H3,(H,23,24);;/q;;;;2*+2/p-4. The first-order valence-corrected chi connectivity index (χ1v) is 43.9. The molecule has 10 heteroatoms. The summed E-state index contributed by atoms with van der Waals surface area (Å²) in [5.74, 6) is -3.60. The molecule has 0 fully saturated rings. The molecule has 0 rings (SSSR count). The zero-order chi connectivity index (χ0) is 70.9. The fourth-order valence-corrected chi connectivity index (χ4v) is 13.4. The molecule has 0 spiro atoms. The van der Waals surface area contributed by atoms with Crippen LogP contribution in [0.3, 0.4) is 0 Å². The second kappa shape index (κ2) is 105. The minimum absolute atomic E-state index is 0. The van der Waals surface area contributed by atoms with Gasteiger partial charge in [-0.25, -0.2) is 0 Å². The summed E-state index contributed by atoms with van der Waals surface area (Å²) in [4.78, 5) is 41.1. The zero-order valence-electron chi connectivity index (χ0n) is 67.2. The largest absolute Gasteiger partial charge is 2.00 e. The minimum atomic E-state index is -0.901. The van der Waals surface area contributed by atoms with Gasteiger partial charge in [-0.3, -0.25) is 0 Å². The van der Waals surface area contributed by atoms with Gasteiger partial charge in [0.15, 0.2) is 0 Å². The molecule has 8 nitrogen and oxygen atoms in total. The van der Waals surface area contributed by atoms with E-state index in [2.05, 4.69) is 27.7 Å². The predicted molar refractivity (Wildman–Crippen MR) is 424 cm³/mol. The molecule has 0 saturated carbocycles. The van der Waals surface area contributed by atoms with Gasteiger partial charge in [-0.15, -0.1) is 0 Å². The number of carboxylic acid groups (broad SMARTS) is 4. The Labute approximate surface area is 646 Å². The molecule has 0 aliphatic carbocycles. The number of aliphatic carboxylic acids is 4. The molecule has 0 radical (unpaired) electrons. The van der Waals surface area contributed by atoms with E-state index in [-0.39, 0.29) is 71.8 Å². The average molecular weight is 1410 g/mol. The van der Waals surface area contributed by atoms with Gasteiger partial charge < -0.3 is 39.6 Å². The fourth-order valence-electron chi connectivity index (χ4n) is 13.4. The third-order valence-electron chi connectivity index (χ3n) is 19.9. The van der Waals surface area contributed by atoms with E-state index in [1.54, 1.807) is 0 Å². The molecule has 0 bridgehead atoms. The smallest absolute Gasteiger partial charge is 0.550 e. The normalized spacial score (nSPS) is 10.8. The van der Waals surface area contributed by atoms with Crippen molar-refractivity contribution in [3.63, 3.8) is 0 Å². The van der Waals surface area contributed by atoms with Gasteiger partial charge in [-0.1, -0.05) is 490 Å². The SMILES string of the molecule is CCCCCCCCCCCCCCCCCCCCCC(=O)[O-].CCCCCCCCCCCCCCCCCCCCCC(=O)[O-].CCCCCCCCCCCCCCCCCCCCCC(=O)[O-].CCCCCCCCCCCCCCCCCCCCCC(=O)[O-].[Mg+2].[Mg+2]. The molecule has 0 saturated heterocycles. The minimum Gasteiger partial charge on any atom is -0.550 e. The Bertz CT molecular complexity index is 1220. The number of carbonyl (C=O) groups excluding carboxylic acids is 4. The maximum Gasteiger partial charge on any atom is 2.00 e. The second-order valence-electron chi connectivity index (χ2n) is 29.9. The van der Waals surface area contributed by atoms with Crippen molar-refractivity contribution in [3.05, 3.63) is 0 Å². The average Bonchev–Trinajstić information content (AvgIpc) is 3.58. The van der Waals surface area contributed by atoms with Gasteiger partial charge in [0.05, 0.1) is 0 Å². The molecule has 0 amide bonds. The Hall–Kier alpha value is -0.588. The third-order valence-corrected chi connectivity index (χ3v) is 19.9. The molecule has 0 aromatic rings. The van der Waals surface area contributed by atoms with Crippen molar-refractivity contribution < 1.29 is 39.6 Å². The van der Waals surface area contributed by atoms with Crippen molar-refractivity contribution >= 4 is 70.0 Å². The van der Waals surface area contributed by atoms with Gasteiger partial charge in [-0.2, -0.15) is 0 Å². The van der Waals surface area contributed by atoms with Gasteiger partial charge >= 0.3 is 46.1 Å². The van der Waals surface area contributed by atoms with Gasteiger partial charge in [0, 0.05) is 23.9 Å². The number of carboxylic acids is 4. The van der Waals surface area contributed by atoms with Crippen molar-refractivity contribution in [2.75, 3.05) is 0 Å². The second-order valence-corrected chi connectivity index (χ2v) is 29.9. The van der Waals surface area contributed by atoms with Crippen LogP contribution >= 0.6 is 0 Å². The first-order valence-electron chi connectivity index (χ1n) is 43.9. The quantitative estimate of drug-likeness (QED) is 0.0430. The van der Waals surface area contributed by atoms with E-state index in [1.165, 1.54) is 437 Å². The van der Waals surface area contributed by atoms with E-state index in [0.29, 0.717) is 0 Å². The van der Waals surface area contributed by atoms with E-state index in [4.69, 9.17) is 0 Å². The van der Waals surface area contributed by atoms with Crippen molar-refractivity contribution in [2.45, 2.75) is 541 Å². The number of rotatable bonds is 80. The van der Waals surface area contributed by atoms with E-state index in [1.807, 2.05) is 0 Å². The van der Waals surface area contributed by atoms with Crippen LogP contribution < -0.4 is 20.4 Å². The van der Waals surface area contributed by atoms with E-state index in [0.717, 1.165) is 51.4 Å². The molecule has 0 heterocycles. The molecule has 576 valence electrons. The predicted octanol–water partition coefficient (Wildman–Crippen LogP) is 25.5. The third kappa shape index (κ3) is 122. The summed E-state index contributed by atoms with van der Waals surface area (Å²) < 4.78 is 0. The maximum absolute atomic E-state index is 10.3. The molecule has 0 aromatic heterocycles. The molecular weight excluding hydrogens is 1230 g/mol. The van der Waals surface area contributed by atoms with Crippen LogP contribution in [0.1, 0.15) is 541 Å². The van der Waals surface area contributed by atoms with E-state index >= 15 is 0 Å². The van der Waals surface area contributed by atoms with Crippen molar-refractivity contribution in [1.82, 2.24) is 0 Å². The van der Waals surface area contributed by atoms with Crippen LogP contribution in [0, 0.1) is 0 Å². The molecule has 98 heavy (non-hydrogen) atoms. The summed E-state index contributed by atoms with van der Waals surface area (Å²) in [6, 6.07) is 0. The van der Waals surface area contributed by atoms with Crippen LogP contribution in [0.5, 0.6) is 0 Å². The van der Waals surface area contributed by atoms with Crippen molar-refractivity contribution in [3.8, 4) is 0 Å². The van der Waals surface area contributed by atoms with Gasteiger partial charge in [0.1, 0.15) is 0 Å². The Morgan fingerprint density at radius 1 is 0.133 bits per heavy atom. The first kappa shape index (κ1) is 108. The van der Waals surface area contributed by atoms with E-state index in [9.17, 15) is 39.6 Å². The number of unbranched alkanes of at least 4 members (excludes halogenated alkanes) is 72. The van der Waals surface area contributed by atoms with Crippen LogP contribution in [0.15, 0.2) is 0 Å². The fraction of sp³-hybridized carbons (Fsp3) is 0.955. The topological polar surface area (TPSA) is 161 Å². The molecule has 0 aromatic carbocycles. The van der Waals surface area contributed by atoms with Crippen LogP contribution in [0.4, 0.5) is 0 Å². The zero-order valence-corrected chi connectivity index (χ0v) is 70.1. The summed E-state index contributed by atoms with van der Waals surface area (Å²) >= 11 is 0. The Balaban J connectivity index is -0.000000286. The summed E-state index contributed by atoms with van der Waals surface area (Å²) in [6.45, 7) is 9.12. The van der Waals surface area contributed by atoms with Crippen LogP contribution in [-0.4, -0.2) is 70.0 Å². The van der Waals surface area contributed by atoms with Gasteiger partial charge in [-0.05, 0) is 51.4 Å². The monoisotopic (exact) mass is 1410 g/mol. The summed E-state index contributed by atoms with van der Waals surface area (Å²) in [7, 11) is 0. The van der Waals surface area contributed by atoms with Crippen LogP contribution in [0.2, 0.25) is 0 Å². The molecule has 0 N–H and O–H groups in total. The molecule has 0 unspecified atom stereocenters. The molecule has 0 aliphatic heterocycles. The maximum atomic E-state index is 10.3. The van der Waals surface area contributed by atoms with E-state index < -0.39 is 23.9 Å². The number of hydrogen-bond acceptors (Lipinski definition) is 8. The van der Waals surface area contributed by atoms with Crippen LogP contribution in [0.25, 0.3) is 0 Å². The van der Waals surface area contributed by atoms with Crippen molar-refractivity contribution in [1.29, 1.82) is 0 Å². The summed E-state index contributed by atoms with van der Waals surface area (Å²) in [5.41, 5.74) is 0. The molecule has 0 aliphatic rings. The summed E-state index contributed by atoms with van der Waals surface area (Å²) in [5, 5.41) is 41.1. The number of hydrogen-bond donors (Lipinski definition) is 0. The van der Waals surface area contributed by atoms with Crippen LogP contribution in [-0.2, 0) is 19.2 Å². The first-order chi connectivity index (χ1) is 47.1. The Morgan fingerprint density at radius 3 is 0.255 bits per heavy atom. The van der Waals surface area contributed by atoms with Gasteiger partial charge in [0.2, 0.25) is 0 Å². The molecular formula is C88H172Mg2O8. The summed E-state index contributed by atoms with van der Waals surface area (Å²) in [6.07, 6.45) is 103.